The van der Waals surface area contributed by atoms with Gasteiger partial charge in [0.05, 0.1) is 0 Å². The van der Waals surface area contributed by atoms with Crippen LogP contribution in [0.5, 0.6) is 0 Å². The standard InChI is InChI=1S/C25H30FN3O3/c1-5-6-15-25(18-7-11-19(26)12-8-18)22(31)29(23(32)28-25)16-21(30)27-20-13-9-17(10-14-20)24(2,3)4/h7-14H,5-6,15-16H2,1-4H3,(H,27,30)(H,28,32). The van der Waals surface area contributed by atoms with Gasteiger partial charge in [-0.1, -0.05) is 64.8 Å². The monoisotopic (exact) mass is 439 g/mol. The number of hydrogen-bond acceptors (Lipinski definition) is 3. The fourth-order valence-corrected chi connectivity index (χ4v) is 3.85. The first kappa shape index (κ1) is 23.4. The highest BCUT2D eigenvalue weighted by Crippen LogP contribution is 2.34. The van der Waals surface area contributed by atoms with E-state index in [4.69, 9.17) is 0 Å². The lowest BCUT2D eigenvalue weighted by atomic mass is 9.85. The summed E-state index contributed by atoms with van der Waals surface area (Å²) in [6.45, 7) is 7.88. The maximum Gasteiger partial charge on any atom is 0.325 e. The van der Waals surface area contributed by atoms with Gasteiger partial charge in [-0.2, -0.15) is 0 Å². The van der Waals surface area contributed by atoms with Gasteiger partial charge in [0.2, 0.25) is 5.91 Å². The molecule has 4 amide bonds. The quantitative estimate of drug-likeness (QED) is 0.614. The predicted octanol–water partition coefficient (Wildman–Crippen LogP) is 4.70. The highest BCUT2D eigenvalue weighted by Gasteiger charge is 2.52. The lowest BCUT2D eigenvalue weighted by Gasteiger charge is -2.27. The van der Waals surface area contributed by atoms with E-state index in [9.17, 15) is 18.8 Å². The van der Waals surface area contributed by atoms with E-state index >= 15 is 0 Å². The summed E-state index contributed by atoms with van der Waals surface area (Å²) >= 11 is 0. The van der Waals surface area contributed by atoms with E-state index in [1.807, 2.05) is 19.1 Å². The zero-order chi connectivity index (χ0) is 23.5. The molecule has 2 aromatic carbocycles. The molecule has 1 heterocycles. The van der Waals surface area contributed by atoms with Gasteiger partial charge in [0.1, 0.15) is 17.9 Å². The number of nitrogens with zero attached hydrogens (tertiary/aromatic N) is 1. The van der Waals surface area contributed by atoms with Crippen molar-refractivity contribution in [2.75, 3.05) is 11.9 Å². The van der Waals surface area contributed by atoms with Gasteiger partial charge in [-0.05, 0) is 47.2 Å². The molecule has 170 valence electrons. The molecule has 7 heteroatoms. The smallest absolute Gasteiger partial charge is 0.325 e. The van der Waals surface area contributed by atoms with E-state index in [1.54, 1.807) is 12.1 Å². The second kappa shape index (κ2) is 9.10. The average molecular weight is 440 g/mol. The Morgan fingerprint density at radius 3 is 2.25 bits per heavy atom. The molecule has 0 bridgehead atoms. The van der Waals surface area contributed by atoms with Crippen LogP contribution in [0.2, 0.25) is 0 Å². The van der Waals surface area contributed by atoms with Crippen molar-refractivity contribution >= 4 is 23.5 Å². The second-order valence-corrected chi connectivity index (χ2v) is 9.21. The topological polar surface area (TPSA) is 78.5 Å². The van der Waals surface area contributed by atoms with Crippen molar-refractivity contribution < 1.29 is 18.8 Å². The van der Waals surface area contributed by atoms with E-state index in [2.05, 4.69) is 31.4 Å². The number of unbranched alkanes of at least 4 members (excludes halogenated alkanes) is 1. The number of rotatable bonds is 7. The molecule has 2 aromatic rings. The molecule has 32 heavy (non-hydrogen) atoms. The Kier molecular flexibility index (Phi) is 6.67. The van der Waals surface area contributed by atoms with Crippen molar-refractivity contribution in [1.82, 2.24) is 10.2 Å². The largest absolute Gasteiger partial charge is 0.325 e. The third kappa shape index (κ3) is 4.82. The zero-order valence-electron chi connectivity index (χ0n) is 19.0. The molecule has 0 aromatic heterocycles. The molecule has 1 unspecified atom stereocenters. The molecular weight excluding hydrogens is 409 g/mol. The summed E-state index contributed by atoms with van der Waals surface area (Å²) < 4.78 is 13.4. The first-order valence-corrected chi connectivity index (χ1v) is 10.9. The van der Waals surface area contributed by atoms with Crippen LogP contribution in [0.3, 0.4) is 0 Å². The second-order valence-electron chi connectivity index (χ2n) is 9.21. The van der Waals surface area contributed by atoms with Crippen LogP contribution in [0.15, 0.2) is 48.5 Å². The zero-order valence-corrected chi connectivity index (χ0v) is 19.0. The number of imide groups is 1. The number of amides is 4. The maximum absolute atomic E-state index is 13.4. The molecule has 0 saturated carbocycles. The number of hydrogen-bond donors (Lipinski definition) is 2. The van der Waals surface area contributed by atoms with Gasteiger partial charge in [-0.3, -0.25) is 14.5 Å². The van der Waals surface area contributed by atoms with Crippen molar-refractivity contribution in [3.05, 3.63) is 65.5 Å². The third-order valence-corrected chi connectivity index (χ3v) is 5.75. The summed E-state index contributed by atoms with van der Waals surface area (Å²) in [6.07, 6.45) is 1.87. The number of urea groups is 1. The minimum absolute atomic E-state index is 0.00916. The molecule has 1 atom stereocenters. The highest BCUT2D eigenvalue weighted by atomic mass is 19.1. The van der Waals surface area contributed by atoms with E-state index in [1.165, 1.54) is 24.3 Å². The normalized spacial score (nSPS) is 18.6. The average Bonchev–Trinajstić information content (AvgIpc) is 2.97. The van der Waals surface area contributed by atoms with Crippen molar-refractivity contribution in [2.24, 2.45) is 0 Å². The molecule has 0 radical (unpaired) electrons. The van der Waals surface area contributed by atoms with Gasteiger partial charge in [0, 0.05) is 5.69 Å². The minimum atomic E-state index is -1.30. The molecule has 0 aliphatic carbocycles. The molecule has 6 nitrogen and oxygen atoms in total. The van der Waals surface area contributed by atoms with E-state index in [-0.39, 0.29) is 5.41 Å². The summed E-state index contributed by atoms with van der Waals surface area (Å²) in [5.41, 5.74) is 0.919. The van der Waals surface area contributed by atoms with Crippen LogP contribution in [0.4, 0.5) is 14.9 Å². The van der Waals surface area contributed by atoms with Crippen LogP contribution < -0.4 is 10.6 Å². The fraction of sp³-hybridized carbons (Fsp3) is 0.400. The number of carbonyl (C=O) groups is 3. The van der Waals surface area contributed by atoms with Gasteiger partial charge < -0.3 is 10.6 Å². The Bertz CT molecular complexity index is 997. The van der Waals surface area contributed by atoms with E-state index in [0.29, 0.717) is 24.1 Å². The SMILES string of the molecule is CCCCC1(c2ccc(F)cc2)NC(=O)N(CC(=O)Nc2ccc(C(C)(C)C)cc2)C1=O. The van der Waals surface area contributed by atoms with Gasteiger partial charge in [0.15, 0.2) is 0 Å². The van der Waals surface area contributed by atoms with Crippen LogP contribution in [0, 0.1) is 5.82 Å². The number of benzene rings is 2. The summed E-state index contributed by atoms with van der Waals surface area (Å²) in [4.78, 5) is 39.6. The van der Waals surface area contributed by atoms with Crippen LogP contribution in [0.1, 0.15) is 58.1 Å². The number of anilines is 1. The molecule has 1 aliphatic heterocycles. The molecule has 3 rings (SSSR count). The Morgan fingerprint density at radius 2 is 1.69 bits per heavy atom. The van der Waals surface area contributed by atoms with Crippen LogP contribution in [-0.4, -0.2) is 29.3 Å². The summed E-state index contributed by atoms with van der Waals surface area (Å²) in [7, 11) is 0. The predicted molar refractivity (Wildman–Crippen MR) is 122 cm³/mol. The molecule has 1 fully saturated rings. The van der Waals surface area contributed by atoms with Crippen molar-refractivity contribution in [3.8, 4) is 0 Å². The molecular formula is C25H30FN3O3. The first-order chi connectivity index (χ1) is 15.1. The van der Waals surface area contributed by atoms with Crippen molar-refractivity contribution in [2.45, 2.75) is 57.9 Å². The lowest BCUT2D eigenvalue weighted by Crippen LogP contribution is -2.44. The minimum Gasteiger partial charge on any atom is -0.325 e. The maximum atomic E-state index is 13.4. The number of nitrogens with one attached hydrogen (secondary N) is 2. The number of halogens is 1. The number of carbonyl (C=O) groups excluding carboxylic acids is 3. The van der Waals surface area contributed by atoms with Gasteiger partial charge in [-0.15, -0.1) is 0 Å². The van der Waals surface area contributed by atoms with E-state index in [0.717, 1.165) is 16.9 Å². The van der Waals surface area contributed by atoms with Crippen LogP contribution >= 0.6 is 0 Å². The van der Waals surface area contributed by atoms with Crippen LogP contribution in [-0.2, 0) is 20.5 Å². The Hall–Kier alpha value is -3.22. The van der Waals surface area contributed by atoms with E-state index < -0.39 is 35.7 Å². The summed E-state index contributed by atoms with van der Waals surface area (Å²) in [6, 6.07) is 12.4. The molecule has 1 aliphatic rings. The Morgan fingerprint density at radius 1 is 1.06 bits per heavy atom. The molecule has 2 N–H and O–H groups in total. The summed E-state index contributed by atoms with van der Waals surface area (Å²) in [5.74, 6) is -1.40. The Labute approximate surface area is 188 Å². The van der Waals surface area contributed by atoms with Crippen molar-refractivity contribution in [3.63, 3.8) is 0 Å². The Balaban J connectivity index is 1.76. The van der Waals surface area contributed by atoms with Crippen LogP contribution in [0.25, 0.3) is 0 Å². The molecule has 0 spiro atoms. The first-order valence-electron chi connectivity index (χ1n) is 10.9. The fourth-order valence-electron chi connectivity index (χ4n) is 3.85. The molecule has 1 saturated heterocycles. The summed E-state index contributed by atoms with van der Waals surface area (Å²) in [5, 5.41) is 5.51. The van der Waals surface area contributed by atoms with Gasteiger partial charge in [0.25, 0.3) is 5.91 Å². The highest BCUT2D eigenvalue weighted by molar-refractivity contribution is 6.10. The van der Waals surface area contributed by atoms with Gasteiger partial charge >= 0.3 is 6.03 Å². The van der Waals surface area contributed by atoms with Gasteiger partial charge in [-0.25, -0.2) is 9.18 Å². The lowest BCUT2D eigenvalue weighted by molar-refractivity contribution is -0.134. The third-order valence-electron chi connectivity index (χ3n) is 5.75. The van der Waals surface area contributed by atoms with Crippen molar-refractivity contribution in [1.29, 1.82) is 0 Å².